The van der Waals surface area contributed by atoms with Crippen molar-refractivity contribution in [2.75, 3.05) is 25.0 Å². The van der Waals surface area contributed by atoms with Crippen molar-refractivity contribution in [3.8, 4) is 0 Å². The van der Waals surface area contributed by atoms with Crippen molar-refractivity contribution in [3.05, 3.63) is 22.3 Å². The number of nitrogens with zero attached hydrogens (tertiary/aromatic N) is 1. The molecule has 0 aliphatic heterocycles. The van der Waals surface area contributed by atoms with Gasteiger partial charge in [0.25, 0.3) is 5.91 Å². The van der Waals surface area contributed by atoms with E-state index in [1.807, 2.05) is 13.8 Å². The Balaban J connectivity index is 2.66. The summed E-state index contributed by atoms with van der Waals surface area (Å²) in [4.78, 5) is 27.7. The van der Waals surface area contributed by atoms with E-state index in [2.05, 4.69) is 36.9 Å². The second-order valence-electron chi connectivity index (χ2n) is 4.11. The number of hydrogen-bond donors (Lipinski definition) is 3. The van der Waals surface area contributed by atoms with Crippen molar-refractivity contribution in [1.29, 1.82) is 0 Å². The third-order valence-electron chi connectivity index (χ3n) is 2.42. The summed E-state index contributed by atoms with van der Waals surface area (Å²) in [5.41, 5.74) is 0.407. The SMILES string of the molecule is CCCNC(=O)CNC(=O)c1cc(Br)cnc1NCC. The van der Waals surface area contributed by atoms with Gasteiger partial charge in [-0.15, -0.1) is 0 Å². The third-order valence-corrected chi connectivity index (χ3v) is 2.86. The van der Waals surface area contributed by atoms with Crippen LogP contribution in [0.2, 0.25) is 0 Å². The Bertz CT molecular complexity index is 479. The van der Waals surface area contributed by atoms with Gasteiger partial charge in [-0.05, 0) is 35.3 Å². The van der Waals surface area contributed by atoms with Gasteiger partial charge >= 0.3 is 0 Å². The minimum absolute atomic E-state index is 0.0447. The highest BCUT2D eigenvalue weighted by molar-refractivity contribution is 9.10. The fraction of sp³-hybridized carbons (Fsp3) is 0.462. The van der Waals surface area contributed by atoms with Crippen LogP contribution in [0.25, 0.3) is 0 Å². The molecule has 110 valence electrons. The topological polar surface area (TPSA) is 83.1 Å². The molecule has 0 saturated heterocycles. The van der Waals surface area contributed by atoms with Gasteiger partial charge in [-0.1, -0.05) is 6.92 Å². The lowest BCUT2D eigenvalue weighted by Crippen LogP contribution is -2.37. The van der Waals surface area contributed by atoms with Crippen molar-refractivity contribution >= 4 is 33.6 Å². The second kappa shape index (κ2) is 8.52. The van der Waals surface area contributed by atoms with Crippen LogP contribution in [0, 0.1) is 0 Å². The summed E-state index contributed by atoms with van der Waals surface area (Å²) in [6, 6.07) is 1.67. The van der Waals surface area contributed by atoms with Crippen molar-refractivity contribution in [2.45, 2.75) is 20.3 Å². The molecule has 0 bridgehead atoms. The van der Waals surface area contributed by atoms with Gasteiger partial charge in [-0.2, -0.15) is 0 Å². The maximum atomic E-state index is 12.1. The van der Waals surface area contributed by atoms with Crippen molar-refractivity contribution in [1.82, 2.24) is 15.6 Å². The Labute approximate surface area is 126 Å². The Morgan fingerprint density at radius 1 is 1.30 bits per heavy atom. The number of nitrogens with one attached hydrogen (secondary N) is 3. The number of carbonyl (C=O) groups excluding carboxylic acids is 2. The molecule has 0 atom stereocenters. The van der Waals surface area contributed by atoms with E-state index in [9.17, 15) is 9.59 Å². The van der Waals surface area contributed by atoms with E-state index in [0.717, 1.165) is 6.42 Å². The molecule has 0 unspecified atom stereocenters. The van der Waals surface area contributed by atoms with E-state index in [1.165, 1.54) is 0 Å². The first kappa shape index (κ1) is 16.4. The first-order valence-corrected chi connectivity index (χ1v) is 7.32. The number of hydrogen-bond acceptors (Lipinski definition) is 4. The highest BCUT2D eigenvalue weighted by Gasteiger charge is 2.14. The van der Waals surface area contributed by atoms with Crippen LogP contribution < -0.4 is 16.0 Å². The van der Waals surface area contributed by atoms with Crippen LogP contribution in [0.5, 0.6) is 0 Å². The first-order valence-electron chi connectivity index (χ1n) is 6.52. The monoisotopic (exact) mass is 342 g/mol. The molecule has 3 N–H and O–H groups in total. The lowest BCUT2D eigenvalue weighted by atomic mass is 10.2. The average Bonchev–Trinajstić information content (AvgIpc) is 2.44. The number of aromatic nitrogens is 1. The summed E-state index contributed by atoms with van der Waals surface area (Å²) in [6.07, 6.45) is 2.47. The highest BCUT2D eigenvalue weighted by atomic mass is 79.9. The van der Waals surface area contributed by atoms with Gasteiger partial charge in [0.15, 0.2) is 0 Å². The molecule has 7 heteroatoms. The van der Waals surface area contributed by atoms with Crippen LogP contribution in [0.15, 0.2) is 16.7 Å². The zero-order chi connectivity index (χ0) is 15.0. The molecular formula is C13H19BrN4O2. The zero-order valence-electron chi connectivity index (χ0n) is 11.6. The van der Waals surface area contributed by atoms with Gasteiger partial charge < -0.3 is 16.0 Å². The van der Waals surface area contributed by atoms with Crippen LogP contribution in [0.1, 0.15) is 30.6 Å². The zero-order valence-corrected chi connectivity index (χ0v) is 13.2. The second-order valence-corrected chi connectivity index (χ2v) is 5.03. The van der Waals surface area contributed by atoms with Crippen LogP contribution in [0.4, 0.5) is 5.82 Å². The maximum Gasteiger partial charge on any atom is 0.255 e. The number of rotatable bonds is 7. The molecule has 1 rings (SSSR count). The summed E-state index contributed by atoms with van der Waals surface area (Å²) >= 11 is 3.28. The van der Waals surface area contributed by atoms with Gasteiger partial charge in [0.1, 0.15) is 5.82 Å². The molecule has 0 aliphatic carbocycles. The van der Waals surface area contributed by atoms with Gasteiger partial charge in [-0.3, -0.25) is 9.59 Å². The van der Waals surface area contributed by atoms with E-state index < -0.39 is 0 Å². The molecule has 0 aliphatic rings. The number of amides is 2. The highest BCUT2D eigenvalue weighted by Crippen LogP contribution is 2.17. The molecule has 0 saturated carbocycles. The largest absolute Gasteiger partial charge is 0.370 e. The summed E-state index contributed by atoms with van der Waals surface area (Å²) in [5.74, 6) is -0.0308. The van der Waals surface area contributed by atoms with Crippen LogP contribution >= 0.6 is 15.9 Å². The maximum absolute atomic E-state index is 12.1. The molecule has 20 heavy (non-hydrogen) atoms. The molecule has 1 aromatic heterocycles. The summed E-state index contributed by atoms with van der Waals surface area (Å²) in [5, 5.41) is 8.29. The fourth-order valence-corrected chi connectivity index (χ4v) is 1.83. The number of pyridine rings is 1. The number of anilines is 1. The molecule has 1 aromatic rings. The number of carbonyl (C=O) groups is 2. The van der Waals surface area contributed by atoms with Crippen LogP contribution in [0.3, 0.4) is 0 Å². The molecule has 6 nitrogen and oxygen atoms in total. The van der Waals surface area contributed by atoms with E-state index >= 15 is 0 Å². The van der Waals surface area contributed by atoms with Gasteiger partial charge in [0.2, 0.25) is 5.91 Å². The molecule has 0 radical (unpaired) electrons. The Morgan fingerprint density at radius 2 is 2.05 bits per heavy atom. The van der Waals surface area contributed by atoms with Crippen LogP contribution in [-0.4, -0.2) is 36.4 Å². The predicted molar refractivity (Wildman–Crippen MR) is 81.7 cm³/mol. The lowest BCUT2D eigenvalue weighted by Gasteiger charge is -2.10. The van der Waals surface area contributed by atoms with E-state index in [-0.39, 0.29) is 18.4 Å². The molecule has 0 spiro atoms. The van der Waals surface area contributed by atoms with Gasteiger partial charge in [0.05, 0.1) is 12.1 Å². The van der Waals surface area contributed by atoms with Gasteiger partial charge in [-0.25, -0.2) is 4.98 Å². The summed E-state index contributed by atoms with van der Waals surface area (Å²) in [6.45, 7) is 5.11. The normalized spacial score (nSPS) is 9.95. The molecular weight excluding hydrogens is 324 g/mol. The standard InChI is InChI=1S/C13H19BrN4O2/c1-3-5-16-11(19)8-18-13(20)10-6-9(14)7-17-12(10)15-4-2/h6-7H,3-5,8H2,1-2H3,(H,15,17)(H,16,19)(H,18,20). The Hall–Kier alpha value is -1.63. The Morgan fingerprint density at radius 3 is 2.70 bits per heavy atom. The summed E-state index contributed by atoms with van der Waals surface area (Å²) < 4.78 is 0.708. The Kier molecular flexibility index (Phi) is 7.00. The quantitative estimate of drug-likeness (QED) is 0.701. The average molecular weight is 343 g/mol. The van der Waals surface area contributed by atoms with E-state index in [4.69, 9.17) is 0 Å². The van der Waals surface area contributed by atoms with Crippen molar-refractivity contribution in [2.24, 2.45) is 0 Å². The minimum atomic E-state index is -0.332. The molecule has 0 fully saturated rings. The van der Waals surface area contributed by atoms with Gasteiger partial charge in [0, 0.05) is 23.8 Å². The lowest BCUT2D eigenvalue weighted by molar-refractivity contribution is -0.120. The molecule has 1 heterocycles. The summed E-state index contributed by atoms with van der Waals surface area (Å²) in [7, 11) is 0. The number of halogens is 1. The van der Waals surface area contributed by atoms with Crippen molar-refractivity contribution < 1.29 is 9.59 Å². The first-order chi connectivity index (χ1) is 9.58. The minimum Gasteiger partial charge on any atom is -0.370 e. The van der Waals surface area contributed by atoms with Crippen LogP contribution in [-0.2, 0) is 4.79 Å². The van der Waals surface area contributed by atoms with Crippen molar-refractivity contribution in [3.63, 3.8) is 0 Å². The third kappa shape index (κ3) is 5.16. The van der Waals surface area contributed by atoms with E-state index in [1.54, 1.807) is 12.3 Å². The smallest absolute Gasteiger partial charge is 0.255 e. The molecule has 0 aromatic carbocycles. The predicted octanol–water partition coefficient (Wildman–Crippen LogP) is 1.53. The fourth-order valence-electron chi connectivity index (χ4n) is 1.50. The molecule has 2 amide bonds. The van der Waals surface area contributed by atoms with E-state index in [0.29, 0.717) is 28.9 Å².